The molecule has 1 aromatic rings. The molecule has 8 nitrogen and oxygen atoms in total. The van der Waals surface area contributed by atoms with E-state index in [4.69, 9.17) is 9.15 Å². The molecule has 8 heteroatoms. The minimum atomic E-state index is -0.0621. The molecule has 0 fully saturated rings. The summed E-state index contributed by atoms with van der Waals surface area (Å²) in [6.07, 6.45) is 0. The second-order valence-electron chi connectivity index (χ2n) is 3.81. The van der Waals surface area contributed by atoms with Crippen molar-refractivity contribution in [2.75, 3.05) is 46.2 Å². The van der Waals surface area contributed by atoms with Gasteiger partial charge in [-0.05, 0) is 0 Å². The Labute approximate surface area is 106 Å². The van der Waals surface area contributed by atoms with Crippen molar-refractivity contribution in [1.82, 2.24) is 20.4 Å². The van der Waals surface area contributed by atoms with E-state index >= 15 is 0 Å². The van der Waals surface area contributed by atoms with E-state index in [1.807, 2.05) is 0 Å². The Bertz CT molecular complexity index is 366. The molecule has 1 amide bonds. The highest BCUT2D eigenvalue weighted by molar-refractivity contribution is 5.79. The number of nitrogens with one attached hydrogen (secondary N) is 2. The van der Waals surface area contributed by atoms with E-state index in [1.54, 1.807) is 21.2 Å². The van der Waals surface area contributed by atoms with Crippen LogP contribution in [0.5, 0.6) is 0 Å². The van der Waals surface area contributed by atoms with Crippen LogP contribution in [0.25, 0.3) is 0 Å². The lowest BCUT2D eigenvalue weighted by atomic mass is 10.5. The Morgan fingerprint density at radius 2 is 2.22 bits per heavy atom. The monoisotopic (exact) mass is 257 g/mol. The van der Waals surface area contributed by atoms with Crippen LogP contribution in [0.2, 0.25) is 0 Å². The zero-order chi connectivity index (χ0) is 13.4. The molecule has 0 aromatic carbocycles. The minimum Gasteiger partial charge on any atom is -0.407 e. The van der Waals surface area contributed by atoms with Gasteiger partial charge in [-0.1, -0.05) is 5.10 Å². The maximum atomic E-state index is 11.3. The molecule has 0 aliphatic heterocycles. The molecule has 0 spiro atoms. The van der Waals surface area contributed by atoms with Gasteiger partial charge in [0, 0.05) is 27.7 Å². The quantitative estimate of drug-likeness (QED) is 0.595. The number of nitrogens with zero attached hydrogens (tertiary/aromatic N) is 3. The van der Waals surface area contributed by atoms with Gasteiger partial charge < -0.3 is 24.7 Å². The summed E-state index contributed by atoms with van der Waals surface area (Å²) >= 11 is 0. The van der Waals surface area contributed by atoms with Crippen molar-refractivity contribution in [1.29, 1.82) is 0 Å². The molecule has 102 valence electrons. The van der Waals surface area contributed by atoms with Gasteiger partial charge in [-0.25, -0.2) is 0 Å². The molecule has 1 rings (SSSR count). The number of amides is 1. The van der Waals surface area contributed by atoms with Gasteiger partial charge in [-0.2, -0.15) is 0 Å². The van der Waals surface area contributed by atoms with Crippen LogP contribution < -0.4 is 10.6 Å². The van der Waals surface area contributed by atoms with Crippen molar-refractivity contribution < 1.29 is 13.9 Å². The topological polar surface area (TPSA) is 92.5 Å². The first-order valence-electron chi connectivity index (χ1n) is 5.59. The average Bonchev–Trinajstić information content (AvgIpc) is 2.79. The summed E-state index contributed by atoms with van der Waals surface area (Å²) in [4.78, 5) is 12.8. The van der Waals surface area contributed by atoms with E-state index in [0.29, 0.717) is 25.6 Å². The van der Waals surface area contributed by atoms with Crippen molar-refractivity contribution in [3.8, 4) is 0 Å². The van der Waals surface area contributed by atoms with Crippen LogP contribution in [-0.4, -0.2) is 61.9 Å². The number of carbonyl (C=O) groups excluding carboxylic acids is 1. The molecular weight excluding hydrogens is 238 g/mol. The summed E-state index contributed by atoms with van der Waals surface area (Å²) in [5.41, 5.74) is 0. The molecule has 0 bridgehead atoms. The second-order valence-corrected chi connectivity index (χ2v) is 3.81. The lowest BCUT2D eigenvalue weighted by molar-refractivity contribution is -0.126. The molecule has 0 radical (unpaired) electrons. The van der Waals surface area contributed by atoms with E-state index in [0.717, 1.165) is 0 Å². The number of methoxy groups -OCH3 is 1. The fourth-order valence-electron chi connectivity index (χ4n) is 1.08. The summed E-state index contributed by atoms with van der Waals surface area (Å²) in [5.74, 6) is 0.402. The number of aromatic nitrogens is 2. The Morgan fingerprint density at radius 3 is 2.89 bits per heavy atom. The van der Waals surface area contributed by atoms with Gasteiger partial charge in [0.05, 0.1) is 19.7 Å². The molecule has 0 aliphatic carbocycles. The molecule has 0 unspecified atom stereocenters. The normalized spacial score (nSPS) is 10.4. The number of ether oxygens (including phenoxy) is 1. The van der Waals surface area contributed by atoms with Crippen LogP contribution in [0.15, 0.2) is 4.42 Å². The third-order valence-electron chi connectivity index (χ3n) is 2.12. The summed E-state index contributed by atoms with van der Waals surface area (Å²) < 4.78 is 10.2. The third-order valence-corrected chi connectivity index (χ3v) is 2.12. The standard InChI is InChI=1S/C10H19N5O3/c1-15(2)9(16)7-12-10-14-13-8(18-10)6-11-4-5-17-3/h11H,4-7H2,1-3H3,(H,12,14). The highest BCUT2D eigenvalue weighted by Crippen LogP contribution is 2.04. The van der Waals surface area contributed by atoms with Gasteiger partial charge in [0.15, 0.2) is 0 Å². The summed E-state index contributed by atoms with van der Waals surface area (Å²) in [6.45, 7) is 1.93. The molecule has 0 saturated carbocycles. The summed E-state index contributed by atoms with van der Waals surface area (Å²) in [5, 5.41) is 13.4. The van der Waals surface area contributed by atoms with Gasteiger partial charge in [0.2, 0.25) is 11.8 Å². The van der Waals surface area contributed by atoms with Gasteiger partial charge in [0.1, 0.15) is 0 Å². The average molecular weight is 257 g/mol. The number of rotatable bonds is 8. The van der Waals surface area contributed by atoms with Crippen molar-refractivity contribution in [2.24, 2.45) is 0 Å². The van der Waals surface area contributed by atoms with Gasteiger partial charge >= 0.3 is 6.01 Å². The van der Waals surface area contributed by atoms with Crippen molar-refractivity contribution >= 4 is 11.9 Å². The molecule has 18 heavy (non-hydrogen) atoms. The van der Waals surface area contributed by atoms with Crippen molar-refractivity contribution in [2.45, 2.75) is 6.54 Å². The molecule has 0 saturated heterocycles. The van der Waals surface area contributed by atoms with Crippen LogP contribution in [-0.2, 0) is 16.1 Å². The van der Waals surface area contributed by atoms with E-state index in [-0.39, 0.29) is 18.5 Å². The first-order chi connectivity index (χ1) is 8.63. The zero-order valence-electron chi connectivity index (χ0n) is 10.9. The fraction of sp³-hybridized carbons (Fsp3) is 0.700. The summed E-state index contributed by atoms with van der Waals surface area (Å²) in [6, 6.07) is 0.244. The maximum Gasteiger partial charge on any atom is 0.315 e. The molecule has 0 aliphatic rings. The second kappa shape index (κ2) is 7.62. The molecule has 0 atom stereocenters. The molecule has 1 aromatic heterocycles. The van der Waals surface area contributed by atoms with Crippen LogP contribution in [0.3, 0.4) is 0 Å². The molecule has 2 N–H and O–H groups in total. The van der Waals surface area contributed by atoms with Crippen LogP contribution in [0.1, 0.15) is 5.89 Å². The Hall–Kier alpha value is -1.67. The first kappa shape index (κ1) is 14.4. The number of hydrogen-bond donors (Lipinski definition) is 2. The zero-order valence-corrected chi connectivity index (χ0v) is 10.9. The smallest absolute Gasteiger partial charge is 0.315 e. The van der Waals surface area contributed by atoms with Crippen LogP contribution >= 0.6 is 0 Å². The molecular formula is C10H19N5O3. The number of likely N-dealkylation sites (N-methyl/N-ethyl adjacent to an activating group) is 1. The fourth-order valence-corrected chi connectivity index (χ4v) is 1.08. The maximum absolute atomic E-state index is 11.3. The van der Waals surface area contributed by atoms with E-state index in [1.165, 1.54) is 4.90 Å². The number of anilines is 1. The Balaban J connectivity index is 2.28. The van der Waals surface area contributed by atoms with Gasteiger partial charge in [-0.3, -0.25) is 4.79 Å². The number of hydrogen-bond acceptors (Lipinski definition) is 7. The third kappa shape index (κ3) is 5.11. The van der Waals surface area contributed by atoms with Crippen molar-refractivity contribution in [3.63, 3.8) is 0 Å². The predicted octanol–water partition coefficient (Wildman–Crippen LogP) is -0.694. The lowest BCUT2D eigenvalue weighted by Gasteiger charge is -2.09. The van der Waals surface area contributed by atoms with Gasteiger partial charge in [-0.15, -0.1) is 5.10 Å². The predicted molar refractivity (Wildman–Crippen MR) is 65.1 cm³/mol. The number of carbonyl (C=O) groups is 1. The lowest BCUT2D eigenvalue weighted by Crippen LogP contribution is -2.28. The van der Waals surface area contributed by atoms with E-state index in [9.17, 15) is 4.79 Å². The summed E-state index contributed by atoms with van der Waals surface area (Å²) in [7, 11) is 5.00. The largest absolute Gasteiger partial charge is 0.407 e. The highest BCUT2D eigenvalue weighted by Gasteiger charge is 2.08. The first-order valence-corrected chi connectivity index (χ1v) is 5.59. The highest BCUT2D eigenvalue weighted by atomic mass is 16.5. The van der Waals surface area contributed by atoms with Crippen LogP contribution in [0.4, 0.5) is 6.01 Å². The molecule has 1 heterocycles. The van der Waals surface area contributed by atoms with E-state index < -0.39 is 0 Å². The van der Waals surface area contributed by atoms with E-state index in [2.05, 4.69) is 20.8 Å². The van der Waals surface area contributed by atoms with Crippen LogP contribution in [0, 0.1) is 0 Å². The SMILES string of the molecule is COCCNCc1nnc(NCC(=O)N(C)C)o1. The van der Waals surface area contributed by atoms with Gasteiger partial charge in [0.25, 0.3) is 0 Å². The Morgan fingerprint density at radius 1 is 1.44 bits per heavy atom. The van der Waals surface area contributed by atoms with Crippen molar-refractivity contribution in [3.05, 3.63) is 5.89 Å². The minimum absolute atomic E-state index is 0.0621. The Kier molecular flexibility index (Phi) is 6.09.